The van der Waals surface area contributed by atoms with Gasteiger partial charge in [0.15, 0.2) is 0 Å². The number of nitrogens with two attached hydrogens (primary N) is 2. The van der Waals surface area contributed by atoms with Crippen molar-refractivity contribution in [3.8, 4) is 0 Å². The van der Waals surface area contributed by atoms with E-state index in [1.807, 2.05) is 0 Å². The molecule has 2 atom stereocenters. The predicted octanol–water partition coefficient (Wildman–Crippen LogP) is 2.89. The SMILES string of the molecule is CC1(C)CC2CC(C)(CN2C(=O)c2ccc(N)c(N)c2)C1. The molecule has 3 rings (SSSR count). The maximum Gasteiger partial charge on any atom is 0.254 e. The van der Waals surface area contributed by atoms with E-state index in [1.165, 1.54) is 6.42 Å². The third kappa shape index (κ3) is 2.47. The van der Waals surface area contributed by atoms with Gasteiger partial charge in [0.05, 0.1) is 11.4 Å². The van der Waals surface area contributed by atoms with Crippen LogP contribution in [0.4, 0.5) is 11.4 Å². The summed E-state index contributed by atoms with van der Waals surface area (Å²) in [7, 11) is 0. The van der Waals surface area contributed by atoms with Crippen LogP contribution in [0.5, 0.6) is 0 Å². The van der Waals surface area contributed by atoms with Crippen LogP contribution in [-0.4, -0.2) is 23.4 Å². The Balaban J connectivity index is 1.87. The van der Waals surface area contributed by atoms with Crippen molar-refractivity contribution in [1.29, 1.82) is 0 Å². The summed E-state index contributed by atoms with van der Waals surface area (Å²) < 4.78 is 0. The van der Waals surface area contributed by atoms with Gasteiger partial charge in [0.25, 0.3) is 5.91 Å². The zero-order chi connectivity index (χ0) is 15.4. The summed E-state index contributed by atoms with van der Waals surface area (Å²) in [4.78, 5) is 14.9. The van der Waals surface area contributed by atoms with Gasteiger partial charge >= 0.3 is 0 Å². The van der Waals surface area contributed by atoms with E-state index in [9.17, 15) is 4.79 Å². The van der Waals surface area contributed by atoms with E-state index in [2.05, 4.69) is 25.7 Å². The van der Waals surface area contributed by atoms with Crippen LogP contribution in [0.25, 0.3) is 0 Å². The maximum absolute atomic E-state index is 12.8. The molecule has 0 spiro atoms. The van der Waals surface area contributed by atoms with Gasteiger partial charge in [-0.2, -0.15) is 0 Å². The standard InChI is InChI=1S/C17H25N3O/c1-16(2)7-12-8-17(3,9-16)10-20(12)15(21)11-4-5-13(18)14(19)6-11/h4-6,12H,7-10,18-19H2,1-3H3. The lowest BCUT2D eigenvalue weighted by atomic mass is 9.65. The number of likely N-dealkylation sites (tertiary alicyclic amines) is 1. The van der Waals surface area contributed by atoms with E-state index in [1.54, 1.807) is 18.2 Å². The second kappa shape index (κ2) is 4.39. The molecule has 0 radical (unpaired) electrons. The highest BCUT2D eigenvalue weighted by Gasteiger charge is 2.50. The summed E-state index contributed by atoms with van der Waals surface area (Å²) in [5, 5.41) is 0. The van der Waals surface area contributed by atoms with Crippen molar-refractivity contribution < 1.29 is 4.79 Å². The van der Waals surface area contributed by atoms with E-state index in [4.69, 9.17) is 11.5 Å². The molecule has 2 unspecified atom stereocenters. The molecule has 1 saturated heterocycles. The van der Waals surface area contributed by atoms with Crippen LogP contribution in [0.1, 0.15) is 50.4 Å². The number of hydrogen-bond acceptors (Lipinski definition) is 3. The lowest BCUT2D eigenvalue weighted by Crippen LogP contribution is -2.37. The lowest BCUT2D eigenvalue weighted by Gasteiger charge is -2.39. The molecule has 21 heavy (non-hydrogen) atoms. The molecule has 1 aliphatic heterocycles. The molecule has 114 valence electrons. The van der Waals surface area contributed by atoms with Gasteiger partial charge in [0, 0.05) is 18.2 Å². The average molecular weight is 287 g/mol. The van der Waals surface area contributed by atoms with E-state index in [0.29, 0.717) is 28.4 Å². The number of rotatable bonds is 1. The zero-order valence-corrected chi connectivity index (χ0v) is 13.1. The highest BCUT2D eigenvalue weighted by molar-refractivity contribution is 5.96. The first kappa shape index (κ1) is 14.2. The Morgan fingerprint density at radius 2 is 1.90 bits per heavy atom. The van der Waals surface area contributed by atoms with Gasteiger partial charge in [-0.25, -0.2) is 0 Å². The number of hydrogen-bond donors (Lipinski definition) is 2. The van der Waals surface area contributed by atoms with Crippen LogP contribution in [0.2, 0.25) is 0 Å². The van der Waals surface area contributed by atoms with Crippen LogP contribution < -0.4 is 11.5 Å². The minimum absolute atomic E-state index is 0.0909. The van der Waals surface area contributed by atoms with Gasteiger partial charge in [-0.15, -0.1) is 0 Å². The fraction of sp³-hybridized carbons (Fsp3) is 0.588. The Kier molecular flexibility index (Phi) is 2.98. The third-order valence-corrected chi connectivity index (χ3v) is 5.01. The Morgan fingerprint density at radius 3 is 2.57 bits per heavy atom. The van der Waals surface area contributed by atoms with Crippen molar-refractivity contribution in [3.63, 3.8) is 0 Å². The lowest BCUT2D eigenvalue weighted by molar-refractivity contribution is 0.0708. The molecule has 2 fully saturated rings. The van der Waals surface area contributed by atoms with Crippen LogP contribution in [0.15, 0.2) is 18.2 Å². The molecule has 1 aliphatic carbocycles. The Labute approximate surface area is 126 Å². The minimum Gasteiger partial charge on any atom is -0.397 e. The summed E-state index contributed by atoms with van der Waals surface area (Å²) in [6.45, 7) is 7.79. The molecule has 4 nitrogen and oxygen atoms in total. The summed E-state index contributed by atoms with van der Waals surface area (Å²) >= 11 is 0. The fourth-order valence-electron chi connectivity index (χ4n) is 4.57. The number of anilines is 2. The average Bonchev–Trinajstić information content (AvgIpc) is 2.61. The molecule has 2 bridgehead atoms. The monoisotopic (exact) mass is 287 g/mol. The van der Waals surface area contributed by atoms with Crippen LogP contribution >= 0.6 is 0 Å². The molecule has 1 heterocycles. The largest absolute Gasteiger partial charge is 0.397 e. The van der Waals surface area contributed by atoms with Crippen molar-refractivity contribution >= 4 is 17.3 Å². The molecule has 1 aromatic carbocycles. The molecule has 2 aliphatic rings. The van der Waals surface area contributed by atoms with Crippen LogP contribution in [-0.2, 0) is 0 Å². The number of nitrogens with zero attached hydrogens (tertiary/aromatic N) is 1. The Hall–Kier alpha value is -1.71. The molecular weight excluding hydrogens is 262 g/mol. The first-order valence-corrected chi connectivity index (χ1v) is 7.65. The number of carbonyl (C=O) groups is 1. The number of fused-ring (bicyclic) bond motifs is 2. The van der Waals surface area contributed by atoms with Crippen molar-refractivity contribution in [2.75, 3.05) is 18.0 Å². The van der Waals surface area contributed by atoms with Crippen molar-refractivity contribution in [2.24, 2.45) is 10.8 Å². The van der Waals surface area contributed by atoms with Gasteiger partial charge < -0.3 is 16.4 Å². The number of benzene rings is 1. The molecule has 1 amide bonds. The van der Waals surface area contributed by atoms with Crippen molar-refractivity contribution in [1.82, 2.24) is 4.90 Å². The van der Waals surface area contributed by atoms with Gasteiger partial charge in [-0.1, -0.05) is 20.8 Å². The van der Waals surface area contributed by atoms with Crippen molar-refractivity contribution in [2.45, 2.75) is 46.1 Å². The van der Waals surface area contributed by atoms with E-state index in [-0.39, 0.29) is 11.3 Å². The summed E-state index contributed by atoms with van der Waals surface area (Å²) in [5.41, 5.74) is 13.8. The minimum atomic E-state index is 0.0909. The fourth-order valence-corrected chi connectivity index (χ4v) is 4.57. The van der Waals surface area contributed by atoms with Crippen molar-refractivity contribution in [3.05, 3.63) is 23.8 Å². The second-order valence-corrected chi connectivity index (χ2v) is 7.99. The van der Waals surface area contributed by atoms with Crippen LogP contribution in [0, 0.1) is 10.8 Å². The van der Waals surface area contributed by atoms with Crippen LogP contribution in [0.3, 0.4) is 0 Å². The van der Waals surface area contributed by atoms with Gasteiger partial charge in [0.1, 0.15) is 0 Å². The highest BCUT2D eigenvalue weighted by atomic mass is 16.2. The predicted molar refractivity (Wildman–Crippen MR) is 85.8 cm³/mol. The zero-order valence-electron chi connectivity index (χ0n) is 13.1. The molecule has 1 saturated carbocycles. The summed E-state index contributed by atoms with van der Waals surface area (Å²) in [6.07, 6.45) is 3.38. The summed E-state index contributed by atoms with van der Waals surface area (Å²) in [5.74, 6) is 0.0909. The smallest absolute Gasteiger partial charge is 0.254 e. The number of nitrogen functional groups attached to an aromatic ring is 2. The first-order chi connectivity index (χ1) is 9.69. The quantitative estimate of drug-likeness (QED) is 0.780. The maximum atomic E-state index is 12.8. The molecule has 4 N–H and O–H groups in total. The Bertz CT molecular complexity index is 596. The number of carbonyl (C=O) groups excluding carboxylic acids is 1. The summed E-state index contributed by atoms with van der Waals surface area (Å²) in [6, 6.07) is 5.55. The third-order valence-electron chi connectivity index (χ3n) is 5.01. The molecule has 0 aromatic heterocycles. The number of amides is 1. The Morgan fingerprint density at radius 1 is 1.19 bits per heavy atom. The highest BCUT2D eigenvalue weighted by Crippen LogP contribution is 2.52. The van der Waals surface area contributed by atoms with E-state index in [0.717, 1.165) is 19.4 Å². The molecular formula is C17H25N3O. The molecule has 1 aromatic rings. The normalized spacial score (nSPS) is 30.4. The first-order valence-electron chi connectivity index (χ1n) is 7.65. The van der Waals surface area contributed by atoms with Gasteiger partial charge in [-0.05, 0) is 48.3 Å². The topological polar surface area (TPSA) is 72.3 Å². The van der Waals surface area contributed by atoms with E-state index < -0.39 is 0 Å². The van der Waals surface area contributed by atoms with E-state index >= 15 is 0 Å². The molecule has 4 heteroatoms. The van der Waals surface area contributed by atoms with Gasteiger partial charge in [0.2, 0.25) is 0 Å². The second-order valence-electron chi connectivity index (χ2n) is 7.99. The van der Waals surface area contributed by atoms with Gasteiger partial charge in [-0.3, -0.25) is 4.79 Å².